The van der Waals surface area contributed by atoms with Gasteiger partial charge in [-0.3, -0.25) is 4.79 Å². The number of carbonyl (C=O) groups is 1. The van der Waals surface area contributed by atoms with Gasteiger partial charge in [0.1, 0.15) is 0 Å². The third-order valence-electron chi connectivity index (χ3n) is 3.85. The van der Waals surface area contributed by atoms with Gasteiger partial charge in [0.2, 0.25) is 5.91 Å². The Labute approximate surface area is 121 Å². The van der Waals surface area contributed by atoms with Crippen LogP contribution in [0.25, 0.3) is 0 Å². The van der Waals surface area contributed by atoms with Crippen LogP contribution in [0.4, 0.5) is 0 Å². The first-order valence-electron chi connectivity index (χ1n) is 6.64. The third kappa shape index (κ3) is 3.71. The number of carbonyl (C=O) groups excluding carboxylic acids is 1. The maximum absolute atomic E-state index is 12.0. The van der Waals surface area contributed by atoms with E-state index in [1.807, 2.05) is 18.0 Å². The van der Waals surface area contributed by atoms with Gasteiger partial charge in [0.25, 0.3) is 0 Å². The molecule has 0 radical (unpaired) electrons. The predicted octanol–water partition coefficient (Wildman–Crippen LogP) is 2.21. The maximum atomic E-state index is 12.0. The number of likely N-dealkylation sites (N-methyl/N-ethyl adjacent to an activating group) is 1. The molecular weight excluding hydrogens is 260 g/mol. The molecule has 106 valence electrons. The molecule has 1 atom stereocenters. The first-order valence-corrected chi connectivity index (χ1v) is 6.64. The average molecular weight is 283 g/mol. The molecule has 2 rings (SSSR count). The lowest BCUT2D eigenvalue weighted by atomic mass is 9.76. The lowest BCUT2D eigenvalue weighted by Gasteiger charge is -2.41. The largest absolute Gasteiger partial charge is 0.341 e. The van der Waals surface area contributed by atoms with Crippen molar-refractivity contribution in [2.24, 2.45) is 0 Å². The van der Waals surface area contributed by atoms with Gasteiger partial charge >= 0.3 is 0 Å². The summed E-state index contributed by atoms with van der Waals surface area (Å²) in [5.41, 5.74) is 1.44. The van der Waals surface area contributed by atoms with Crippen LogP contribution in [0, 0.1) is 0 Å². The first-order chi connectivity index (χ1) is 8.65. The van der Waals surface area contributed by atoms with Gasteiger partial charge in [-0.2, -0.15) is 0 Å². The fraction of sp³-hybridized carbons (Fsp3) is 0.533. The number of likely N-dealkylation sites (tertiary alicyclic amines) is 1. The molecule has 1 aromatic rings. The van der Waals surface area contributed by atoms with E-state index in [9.17, 15) is 4.79 Å². The molecule has 4 heteroatoms. The smallest absolute Gasteiger partial charge is 0.236 e. The molecule has 0 bridgehead atoms. The molecule has 1 fully saturated rings. The summed E-state index contributed by atoms with van der Waals surface area (Å²) in [5, 5.41) is 2.94. The highest BCUT2D eigenvalue weighted by Crippen LogP contribution is 2.33. The molecule has 3 nitrogen and oxygen atoms in total. The van der Waals surface area contributed by atoms with E-state index in [1.165, 1.54) is 5.56 Å². The minimum atomic E-state index is 0. The van der Waals surface area contributed by atoms with Crippen molar-refractivity contribution in [3.8, 4) is 0 Å². The normalized spacial score (nSPS) is 22.7. The summed E-state index contributed by atoms with van der Waals surface area (Å²) in [7, 11) is 1.82. The predicted molar refractivity (Wildman–Crippen MR) is 80.8 cm³/mol. The molecule has 1 N–H and O–H groups in total. The van der Waals surface area contributed by atoms with Crippen molar-refractivity contribution in [1.29, 1.82) is 0 Å². The van der Waals surface area contributed by atoms with E-state index in [2.05, 4.69) is 36.5 Å². The van der Waals surface area contributed by atoms with Gasteiger partial charge in [-0.1, -0.05) is 37.3 Å². The zero-order chi connectivity index (χ0) is 13.0. The van der Waals surface area contributed by atoms with Crippen LogP contribution >= 0.6 is 12.4 Å². The Morgan fingerprint density at radius 3 is 2.68 bits per heavy atom. The highest BCUT2D eigenvalue weighted by molar-refractivity contribution is 5.85. The third-order valence-corrected chi connectivity index (χ3v) is 3.85. The fourth-order valence-corrected chi connectivity index (χ4v) is 2.79. The summed E-state index contributed by atoms with van der Waals surface area (Å²) in [5.74, 6) is 0.208. The summed E-state index contributed by atoms with van der Waals surface area (Å²) >= 11 is 0. The summed E-state index contributed by atoms with van der Waals surface area (Å²) in [6.45, 7) is 4.42. The Morgan fingerprint density at radius 2 is 2.05 bits per heavy atom. The van der Waals surface area contributed by atoms with Crippen molar-refractivity contribution < 1.29 is 4.79 Å². The molecule has 0 saturated carbocycles. The van der Waals surface area contributed by atoms with Crippen molar-refractivity contribution in [3.63, 3.8) is 0 Å². The van der Waals surface area contributed by atoms with E-state index in [1.54, 1.807) is 0 Å². The summed E-state index contributed by atoms with van der Waals surface area (Å²) in [6.07, 6.45) is 2.24. The van der Waals surface area contributed by atoms with Crippen LogP contribution in [0.1, 0.15) is 25.3 Å². The molecule has 1 heterocycles. The molecule has 0 aliphatic carbocycles. The number of amides is 1. The minimum absolute atomic E-state index is 0. The Morgan fingerprint density at radius 1 is 1.37 bits per heavy atom. The van der Waals surface area contributed by atoms with Crippen molar-refractivity contribution in [1.82, 2.24) is 10.2 Å². The van der Waals surface area contributed by atoms with Crippen LogP contribution < -0.4 is 5.32 Å². The van der Waals surface area contributed by atoms with Crippen LogP contribution in [0.2, 0.25) is 0 Å². The van der Waals surface area contributed by atoms with Crippen molar-refractivity contribution >= 4 is 18.3 Å². The van der Waals surface area contributed by atoms with Crippen LogP contribution in [-0.4, -0.2) is 37.5 Å². The Hall–Kier alpha value is -1.06. The average Bonchev–Trinajstić information content (AvgIpc) is 2.40. The van der Waals surface area contributed by atoms with Gasteiger partial charge in [-0.05, 0) is 25.5 Å². The second-order valence-corrected chi connectivity index (χ2v) is 5.38. The number of nitrogens with zero attached hydrogens (tertiary/aromatic N) is 1. The SMILES string of the molecule is CNCC(=O)N1CCCC(C)(c2ccccc2)C1.Cl. The number of hydrogen-bond donors (Lipinski definition) is 1. The van der Waals surface area contributed by atoms with E-state index in [4.69, 9.17) is 0 Å². The van der Waals surface area contributed by atoms with Crippen molar-refractivity contribution in [2.45, 2.75) is 25.2 Å². The van der Waals surface area contributed by atoms with Crippen molar-refractivity contribution in [2.75, 3.05) is 26.7 Å². The Kier molecular flexibility index (Phi) is 5.83. The topological polar surface area (TPSA) is 32.3 Å². The number of halogens is 1. The summed E-state index contributed by atoms with van der Waals surface area (Å²) in [6, 6.07) is 10.5. The number of piperidine rings is 1. The fourth-order valence-electron chi connectivity index (χ4n) is 2.79. The van der Waals surface area contributed by atoms with E-state index in [0.29, 0.717) is 6.54 Å². The van der Waals surface area contributed by atoms with Gasteiger partial charge in [-0.25, -0.2) is 0 Å². The number of rotatable bonds is 3. The second-order valence-electron chi connectivity index (χ2n) is 5.38. The molecular formula is C15H23ClN2O. The zero-order valence-electron chi connectivity index (χ0n) is 11.7. The van der Waals surface area contributed by atoms with E-state index in [-0.39, 0.29) is 23.7 Å². The second kappa shape index (κ2) is 6.92. The molecule has 1 aliphatic rings. The van der Waals surface area contributed by atoms with Gasteiger partial charge in [0.15, 0.2) is 0 Å². The molecule has 1 amide bonds. The lowest BCUT2D eigenvalue weighted by Crippen LogP contribution is -2.49. The summed E-state index contributed by atoms with van der Waals surface area (Å²) in [4.78, 5) is 14.0. The lowest BCUT2D eigenvalue weighted by molar-refractivity contribution is -0.132. The molecule has 1 aromatic carbocycles. The van der Waals surface area contributed by atoms with E-state index >= 15 is 0 Å². The molecule has 0 aromatic heterocycles. The number of nitrogens with one attached hydrogen (secondary N) is 1. The van der Waals surface area contributed by atoms with E-state index < -0.39 is 0 Å². The zero-order valence-corrected chi connectivity index (χ0v) is 12.5. The molecule has 0 spiro atoms. The standard InChI is InChI=1S/C15H22N2O.ClH/c1-15(13-7-4-3-5-8-13)9-6-10-17(12-15)14(18)11-16-2;/h3-5,7-8,16H,6,9-12H2,1-2H3;1H. The number of benzene rings is 1. The molecule has 1 aliphatic heterocycles. The highest BCUT2D eigenvalue weighted by atomic mass is 35.5. The molecule has 1 unspecified atom stereocenters. The Balaban J connectivity index is 0.00000180. The quantitative estimate of drug-likeness (QED) is 0.922. The minimum Gasteiger partial charge on any atom is -0.341 e. The van der Waals surface area contributed by atoms with E-state index in [0.717, 1.165) is 25.9 Å². The first kappa shape index (κ1) is 16.0. The van der Waals surface area contributed by atoms with Crippen molar-refractivity contribution in [3.05, 3.63) is 35.9 Å². The summed E-state index contributed by atoms with van der Waals surface area (Å²) < 4.78 is 0. The van der Waals surface area contributed by atoms with Gasteiger partial charge in [-0.15, -0.1) is 12.4 Å². The highest BCUT2D eigenvalue weighted by Gasteiger charge is 2.34. The van der Waals surface area contributed by atoms with Crippen LogP contribution in [-0.2, 0) is 10.2 Å². The van der Waals surface area contributed by atoms with Crippen LogP contribution in [0.5, 0.6) is 0 Å². The monoisotopic (exact) mass is 282 g/mol. The van der Waals surface area contributed by atoms with Crippen LogP contribution in [0.3, 0.4) is 0 Å². The maximum Gasteiger partial charge on any atom is 0.236 e. The van der Waals surface area contributed by atoms with Crippen LogP contribution in [0.15, 0.2) is 30.3 Å². The van der Waals surface area contributed by atoms with Gasteiger partial charge in [0, 0.05) is 18.5 Å². The Bertz CT molecular complexity index is 410. The molecule has 1 saturated heterocycles. The van der Waals surface area contributed by atoms with Gasteiger partial charge in [0.05, 0.1) is 6.54 Å². The van der Waals surface area contributed by atoms with Gasteiger partial charge < -0.3 is 10.2 Å². The number of hydrogen-bond acceptors (Lipinski definition) is 2. The molecule has 19 heavy (non-hydrogen) atoms.